The summed E-state index contributed by atoms with van der Waals surface area (Å²) in [7, 11) is 0. The fraction of sp³-hybridized carbons (Fsp3) is 1.00. The van der Waals surface area contributed by atoms with E-state index in [-0.39, 0.29) is 5.48 Å². The maximum atomic E-state index is 9.94. The van der Waals surface area contributed by atoms with Gasteiger partial charge in [-0.2, -0.15) is 0 Å². The van der Waals surface area contributed by atoms with Crippen molar-refractivity contribution in [1.82, 2.24) is 0 Å². The molecule has 0 unspecified atom stereocenters. The second-order valence-corrected chi connectivity index (χ2v) is 5.53. The minimum atomic E-state index is -1.75. The van der Waals surface area contributed by atoms with Gasteiger partial charge in [0.1, 0.15) is 48.8 Å². The highest BCUT2D eigenvalue weighted by Gasteiger charge is 2.50. The fourth-order valence-electron chi connectivity index (χ4n) is 2.55. The SMILES string of the molecule is O.OC[C@H]1O[C@@H](O[C@@H]2[C@@H](O)[C@H](O)[C@@H](CO)O[C@@H]2O)[C@H](O)[C@@H](O)[C@@H]1O. The fourth-order valence-corrected chi connectivity index (χ4v) is 2.55. The molecule has 2 saturated heterocycles. The van der Waals surface area contributed by atoms with Crippen molar-refractivity contribution in [3.63, 3.8) is 0 Å². The highest BCUT2D eigenvalue weighted by atomic mass is 16.7. The smallest absolute Gasteiger partial charge is 0.187 e. The zero-order chi connectivity index (χ0) is 17.3. The van der Waals surface area contributed by atoms with Crippen LogP contribution in [0.25, 0.3) is 0 Å². The van der Waals surface area contributed by atoms with Crippen LogP contribution in [0.1, 0.15) is 0 Å². The van der Waals surface area contributed by atoms with E-state index >= 15 is 0 Å². The summed E-state index contributed by atoms with van der Waals surface area (Å²) in [6.07, 6.45) is -15.6. The van der Waals surface area contributed by atoms with Gasteiger partial charge in [0.05, 0.1) is 13.2 Å². The molecule has 0 aromatic heterocycles. The number of ether oxygens (including phenoxy) is 3. The average Bonchev–Trinajstić information content (AvgIpc) is 2.54. The minimum absolute atomic E-state index is 0. The van der Waals surface area contributed by atoms with Gasteiger partial charge in [-0.25, -0.2) is 0 Å². The molecule has 2 aliphatic rings. The van der Waals surface area contributed by atoms with Crippen LogP contribution in [0.4, 0.5) is 0 Å². The minimum Gasteiger partial charge on any atom is -0.412 e. The van der Waals surface area contributed by atoms with Crippen molar-refractivity contribution in [1.29, 1.82) is 0 Å². The van der Waals surface area contributed by atoms with Crippen LogP contribution in [0.2, 0.25) is 0 Å². The molecule has 0 aromatic carbocycles. The molecule has 0 radical (unpaired) electrons. The Labute approximate surface area is 136 Å². The third-order valence-electron chi connectivity index (χ3n) is 3.98. The Bertz CT molecular complexity index is 381. The van der Waals surface area contributed by atoms with Gasteiger partial charge in [0.15, 0.2) is 12.6 Å². The molecule has 12 nitrogen and oxygen atoms in total. The first-order chi connectivity index (χ1) is 10.8. The van der Waals surface area contributed by atoms with Crippen LogP contribution in [0.5, 0.6) is 0 Å². The number of aliphatic hydroxyl groups is 8. The van der Waals surface area contributed by atoms with E-state index in [1.807, 2.05) is 0 Å². The van der Waals surface area contributed by atoms with Crippen LogP contribution in [0, 0.1) is 0 Å². The molecule has 144 valence electrons. The third kappa shape index (κ3) is 4.01. The molecular weight excluding hydrogens is 336 g/mol. The second kappa shape index (κ2) is 8.75. The van der Waals surface area contributed by atoms with E-state index in [4.69, 9.17) is 24.4 Å². The summed E-state index contributed by atoms with van der Waals surface area (Å²) >= 11 is 0. The molecule has 0 aliphatic carbocycles. The van der Waals surface area contributed by atoms with Crippen LogP contribution in [-0.4, -0.2) is 121 Å². The lowest BCUT2D eigenvalue weighted by molar-refractivity contribution is -0.361. The molecule has 24 heavy (non-hydrogen) atoms. The van der Waals surface area contributed by atoms with Gasteiger partial charge in [0.2, 0.25) is 0 Å². The van der Waals surface area contributed by atoms with E-state index in [1.54, 1.807) is 0 Å². The van der Waals surface area contributed by atoms with E-state index in [9.17, 15) is 30.6 Å². The summed E-state index contributed by atoms with van der Waals surface area (Å²) in [5, 5.41) is 76.7. The van der Waals surface area contributed by atoms with E-state index < -0.39 is 74.6 Å². The molecule has 2 aliphatic heterocycles. The normalized spacial score (nSPS) is 49.5. The lowest BCUT2D eigenvalue weighted by Gasteiger charge is -2.44. The topological polar surface area (TPSA) is 221 Å². The molecule has 0 bridgehead atoms. The van der Waals surface area contributed by atoms with Crippen molar-refractivity contribution < 1.29 is 60.5 Å². The maximum Gasteiger partial charge on any atom is 0.187 e. The molecule has 10 atom stereocenters. The number of aliphatic hydroxyl groups excluding tert-OH is 8. The van der Waals surface area contributed by atoms with Crippen molar-refractivity contribution in [3.8, 4) is 0 Å². The van der Waals surface area contributed by atoms with Crippen LogP contribution in [-0.2, 0) is 14.2 Å². The molecular formula is C12H24O12. The maximum absolute atomic E-state index is 9.94. The van der Waals surface area contributed by atoms with E-state index in [0.717, 1.165) is 0 Å². The van der Waals surface area contributed by atoms with Crippen molar-refractivity contribution in [3.05, 3.63) is 0 Å². The summed E-state index contributed by atoms with van der Waals surface area (Å²) in [5.74, 6) is 0. The Balaban J connectivity index is 0.00000288. The monoisotopic (exact) mass is 360 g/mol. The first-order valence-corrected chi connectivity index (χ1v) is 7.08. The van der Waals surface area contributed by atoms with Gasteiger partial charge >= 0.3 is 0 Å². The summed E-state index contributed by atoms with van der Waals surface area (Å²) in [4.78, 5) is 0. The zero-order valence-corrected chi connectivity index (χ0v) is 12.5. The molecule has 0 saturated carbocycles. The van der Waals surface area contributed by atoms with Gasteiger partial charge in [-0.15, -0.1) is 0 Å². The predicted molar refractivity (Wildman–Crippen MR) is 72.2 cm³/mol. The lowest BCUT2D eigenvalue weighted by Crippen LogP contribution is -2.64. The first-order valence-electron chi connectivity index (χ1n) is 7.08. The quantitative estimate of drug-likeness (QED) is 0.235. The van der Waals surface area contributed by atoms with Crippen LogP contribution in [0.3, 0.4) is 0 Å². The Morgan fingerprint density at radius 1 is 0.667 bits per heavy atom. The second-order valence-electron chi connectivity index (χ2n) is 5.53. The molecule has 0 amide bonds. The molecule has 12 heteroatoms. The predicted octanol–water partition coefficient (Wildman–Crippen LogP) is -6.22. The highest BCUT2D eigenvalue weighted by molar-refractivity contribution is 4.93. The van der Waals surface area contributed by atoms with Gasteiger partial charge in [-0.05, 0) is 0 Å². The Kier molecular flexibility index (Phi) is 7.86. The molecule has 2 fully saturated rings. The molecule has 0 aromatic rings. The first kappa shape index (κ1) is 21.6. The average molecular weight is 360 g/mol. The summed E-state index contributed by atoms with van der Waals surface area (Å²) in [6, 6.07) is 0. The summed E-state index contributed by atoms with van der Waals surface area (Å²) < 4.78 is 15.1. The zero-order valence-electron chi connectivity index (χ0n) is 12.5. The van der Waals surface area contributed by atoms with Gasteiger partial charge in [-0.3, -0.25) is 0 Å². The van der Waals surface area contributed by atoms with Crippen LogP contribution in [0.15, 0.2) is 0 Å². The van der Waals surface area contributed by atoms with Gasteiger partial charge < -0.3 is 60.5 Å². The molecule has 2 rings (SSSR count). The van der Waals surface area contributed by atoms with Crippen molar-refractivity contribution in [2.24, 2.45) is 0 Å². The largest absolute Gasteiger partial charge is 0.412 e. The van der Waals surface area contributed by atoms with E-state index in [2.05, 4.69) is 0 Å². The van der Waals surface area contributed by atoms with Gasteiger partial charge in [-0.1, -0.05) is 0 Å². The van der Waals surface area contributed by atoms with Crippen molar-refractivity contribution >= 4 is 0 Å². The summed E-state index contributed by atoms with van der Waals surface area (Å²) in [5.41, 5.74) is 0. The van der Waals surface area contributed by atoms with Crippen LogP contribution >= 0.6 is 0 Å². The van der Waals surface area contributed by atoms with Gasteiger partial charge in [0, 0.05) is 0 Å². The molecule has 0 spiro atoms. The van der Waals surface area contributed by atoms with Crippen molar-refractivity contribution in [2.75, 3.05) is 13.2 Å². The highest BCUT2D eigenvalue weighted by Crippen LogP contribution is 2.28. The Hall–Kier alpha value is -0.480. The number of hydrogen-bond acceptors (Lipinski definition) is 11. The van der Waals surface area contributed by atoms with Gasteiger partial charge in [0.25, 0.3) is 0 Å². The Morgan fingerprint density at radius 2 is 1.17 bits per heavy atom. The third-order valence-corrected chi connectivity index (χ3v) is 3.98. The number of hydrogen-bond donors (Lipinski definition) is 8. The molecule has 2 heterocycles. The van der Waals surface area contributed by atoms with Crippen molar-refractivity contribution in [2.45, 2.75) is 61.4 Å². The van der Waals surface area contributed by atoms with E-state index in [0.29, 0.717) is 0 Å². The summed E-state index contributed by atoms with van der Waals surface area (Å²) in [6.45, 7) is -1.33. The Morgan fingerprint density at radius 3 is 1.71 bits per heavy atom. The lowest BCUT2D eigenvalue weighted by atomic mass is 9.97. The molecule has 10 N–H and O–H groups in total. The van der Waals surface area contributed by atoms with E-state index in [1.165, 1.54) is 0 Å². The van der Waals surface area contributed by atoms with Crippen LogP contribution < -0.4 is 0 Å². The number of rotatable bonds is 4. The standard InChI is InChI=1S/C12H22O11.H2O/c13-1-3-6(16)8(18)10(11(20)21-3)23-12-9(19)7(17)5(15)4(2-14)22-12;/h3-20H,1-2H2;1H2/t3-,4-,5-,6-,7+,8+,9-,10-,11+,12+;/m1./s1.